The van der Waals surface area contributed by atoms with Crippen LogP contribution < -0.4 is 4.74 Å². The maximum absolute atomic E-state index is 12.7. The molecular formula is C15H16Cl2O4. The van der Waals surface area contributed by atoms with Gasteiger partial charge in [-0.3, -0.25) is 4.79 Å². The number of ketones is 1. The molecule has 6 heteroatoms. The lowest BCUT2D eigenvalue weighted by atomic mass is 9.79. The van der Waals surface area contributed by atoms with Crippen LogP contribution in [0.15, 0.2) is 6.07 Å². The molecule has 4 nitrogen and oxygen atoms in total. The molecule has 114 valence electrons. The lowest BCUT2D eigenvalue weighted by Crippen LogP contribution is -2.26. The van der Waals surface area contributed by atoms with Gasteiger partial charge in [-0.2, -0.15) is 0 Å². The van der Waals surface area contributed by atoms with Crippen molar-refractivity contribution in [2.24, 2.45) is 5.41 Å². The summed E-state index contributed by atoms with van der Waals surface area (Å²) in [5.41, 5.74) is 0.785. The van der Waals surface area contributed by atoms with E-state index in [4.69, 9.17) is 33.0 Å². The van der Waals surface area contributed by atoms with Gasteiger partial charge in [-0.1, -0.05) is 37.0 Å². The quantitative estimate of drug-likeness (QED) is 0.886. The highest BCUT2D eigenvalue weighted by molar-refractivity contribution is 6.45. The van der Waals surface area contributed by atoms with E-state index in [1.165, 1.54) is 0 Å². The van der Waals surface area contributed by atoms with Gasteiger partial charge in [0.05, 0.1) is 5.02 Å². The van der Waals surface area contributed by atoms with Crippen molar-refractivity contribution in [3.63, 3.8) is 0 Å². The summed E-state index contributed by atoms with van der Waals surface area (Å²) in [7, 11) is 0. The number of carboxylic acid groups (broad SMARTS) is 1. The molecule has 1 aliphatic rings. The van der Waals surface area contributed by atoms with Crippen LogP contribution in [-0.4, -0.2) is 23.5 Å². The van der Waals surface area contributed by atoms with Crippen molar-refractivity contribution in [1.29, 1.82) is 0 Å². The second-order valence-electron chi connectivity index (χ2n) is 5.21. The molecule has 0 amide bonds. The molecular weight excluding hydrogens is 315 g/mol. The Morgan fingerprint density at radius 1 is 1.33 bits per heavy atom. The smallest absolute Gasteiger partial charge is 0.341 e. The summed E-state index contributed by atoms with van der Waals surface area (Å²) < 4.78 is 5.15. The summed E-state index contributed by atoms with van der Waals surface area (Å²) in [4.78, 5) is 23.2. The third-order valence-electron chi connectivity index (χ3n) is 4.20. The zero-order valence-electron chi connectivity index (χ0n) is 11.8. The van der Waals surface area contributed by atoms with E-state index in [2.05, 4.69) is 0 Å². The first-order valence-electron chi connectivity index (χ1n) is 6.76. The molecule has 0 bridgehead atoms. The number of ether oxygens (including phenoxy) is 1. The molecule has 0 heterocycles. The first-order valence-corrected chi connectivity index (χ1v) is 7.52. The van der Waals surface area contributed by atoms with Crippen LogP contribution in [0.3, 0.4) is 0 Å². The molecule has 0 aliphatic heterocycles. The second kappa shape index (κ2) is 5.85. The van der Waals surface area contributed by atoms with E-state index in [0.717, 1.165) is 18.4 Å². The van der Waals surface area contributed by atoms with Gasteiger partial charge in [0.15, 0.2) is 12.4 Å². The highest BCUT2D eigenvalue weighted by Crippen LogP contribution is 2.48. The third-order valence-corrected chi connectivity index (χ3v) is 5.05. The topological polar surface area (TPSA) is 63.6 Å². The monoisotopic (exact) mass is 330 g/mol. The van der Waals surface area contributed by atoms with Crippen molar-refractivity contribution >= 4 is 35.0 Å². The molecule has 0 fully saturated rings. The van der Waals surface area contributed by atoms with Crippen LogP contribution in [0.25, 0.3) is 0 Å². The summed E-state index contributed by atoms with van der Waals surface area (Å²) in [6.07, 6.45) is 2.01. The minimum atomic E-state index is -1.10. The highest BCUT2D eigenvalue weighted by atomic mass is 35.5. The van der Waals surface area contributed by atoms with Gasteiger partial charge in [0.1, 0.15) is 10.8 Å². The first kappa shape index (κ1) is 16.1. The van der Waals surface area contributed by atoms with Crippen LogP contribution in [0.4, 0.5) is 0 Å². The van der Waals surface area contributed by atoms with Gasteiger partial charge < -0.3 is 9.84 Å². The summed E-state index contributed by atoms with van der Waals surface area (Å²) >= 11 is 12.3. The Hall–Kier alpha value is -1.26. The SMILES string of the molecule is CCC1(CC)Cc2cc(OCC(=O)O)c(Cl)c(Cl)c2C1=O. The number of hydrogen-bond donors (Lipinski definition) is 1. The highest BCUT2D eigenvalue weighted by Gasteiger charge is 2.44. The first-order chi connectivity index (χ1) is 9.86. The van der Waals surface area contributed by atoms with Gasteiger partial charge in [-0.25, -0.2) is 4.79 Å². The predicted octanol–water partition coefficient (Wildman–Crippen LogP) is 4.00. The Balaban J connectivity index is 2.47. The number of carbonyl (C=O) groups excluding carboxylic acids is 1. The number of rotatable bonds is 5. The van der Waals surface area contributed by atoms with E-state index >= 15 is 0 Å². The fourth-order valence-electron chi connectivity index (χ4n) is 2.81. The zero-order valence-corrected chi connectivity index (χ0v) is 13.3. The van der Waals surface area contributed by atoms with Gasteiger partial charge in [0.2, 0.25) is 0 Å². The molecule has 21 heavy (non-hydrogen) atoms. The normalized spacial score (nSPS) is 15.9. The Morgan fingerprint density at radius 3 is 2.48 bits per heavy atom. The number of benzene rings is 1. The van der Waals surface area contributed by atoms with Crippen molar-refractivity contribution < 1.29 is 19.4 Å². The number of aliphatic carboxylic acids is 1. The van der Waals surface area contributed by atoms with Crippen LogP contribution >= 0.6 is 23.2 Å². The van der Waals surface area contributed by atoms with Gasteiger partial charge in [0.25, 0.3) is 0 Å². The second-order valence-corrected chi connectivity index (χ2v) is 5.97. The fraction of sp³-hybridized carbons (Fsp3) is 0.467. The zero-order chi connectivity index (χ0) is 15.8. The molecule has 1 aromatic rings. The molecule has 0 aromatic heterocycles. The minimum absolute atomic E-state index is 0.0131. The van der Waals surface area contributed by atoms with E-state index < -0.39 is 18.0 Å². The van der Waals surface area contributed by atoms with Crippen LogP contribution in [0, 0.1) is 5.41 Å². The van der Waals surface area contributed by atoms with Gasteiger partial charge in [-0.05, 0) is 30.9 Å². The van der Waals surface area contributed by atoms with Crippen molar-refractivity contribution in [3.8, 4) is 5.75 Å². The van der Waals surface area contributed by atoms with Gasteiger partial charge >= 0.3 is 5.97 Å². The third kappa shape index (κ3) is 2.62. The molecule has 0 radical (unpaired) electrons. The van der Waals surface area contributed by atoms with Crippen LogP contribution in [0.1, 0.15) is 42.6 Å². The summed E-state index contributed by atoms with van der Waals surface area (Å²) in [5.74, 6) is -0.881. The van der Waals surface area contributed by atoms with Crippen molar-refractivity contribution in [2.75, 3.05) is 6.61 Å². The number of carboxylic acids is 1. The lowest BCUT2D eigenvalue weighted by molar-refractivity contribution is -0.139. The number of Topliss-reactive ketones (excluding diaryl/α,β-unsaturated/α-hetero) is 1. The average Bonchev–Trinajstić information content (AvgIpc) is 2.74. The molecule has 1 aliphatic carbocycles. The maximum Gasteiger partial charge on any atom is 0.341 e. The number of hydrogen-bond acceptors (Lipinski definition) is 3. The van der Waals surface area contributed by atoms with E-state index in [0.29, 0.717) is 12.0 Å². The van der Waals surface area contributed by atoms with E-state index in [1.54, 1.807) is 6.07 Å². The van der Waals surface area contributed by atoms with E-state index in [9.17, 15) is 9.59 Å². The number of carbonyl (C=O) groups is 2. The maximum atomic E-state index is 12.7. The van der Waals surface area contributed by atoms with Crippen LogP contribution in [0.2, 0.25) is 10.0 Å². The standard InChI is InChI=1S/C15H16Cl2O4/c1-3-15(4-2)6-8-5-9(21-7-10(18)19)12(16)13(17)11(8)14(15)20/h5H,3-4,6-7H2,1-2H3,(H,18,19). The largest absolute Gasteiger partial charge is 0.480 e. The lowest BCUT2D eigenvalue weighted by Gasteiger charge is -2.23. The molecule has 1 N–H and O–H groups in total. The Bertz CT molecular complexity index is 606. The Morgan fingerprint density at radius 2 is 1.95 bits per heavy atom. The van der Waals surface area contributed by atoms with Gasteiger partial charge in [0, 0.05) is 11.0 Å². The molecule has 0 spiro atoms. The van der Waals surface area contributed by atoms with Crippen LogP contribution in [-0.2, 0) is 11.2 Å². The molecule has 0 unspecified atom stereocenters. The molecule has 0 saturated heterocycles. The molecule has 1 aromatic carbocycles. The van der Waals surface area contributed by atoms with Crippen molar-refractivity contribution in [2.45, 2.75) is 33.1 Å². The summed E-state index contributed by atoms with van der Waals surface area (Å²) in [6.45, 7) is 3.45. The average molecular weight is 331 g/mol. The molecule has 0 atom stereocenters. The predicted molar refractivity (Wildman–Crippen MR) is 80.6 cm³/mol. The Labute approximate surface area is 133 Å². The van der Waals surface area contributed by atoms with Gasteiger partial charge in [-0.15, -0.1) is 0 Å². The molecule has 2 rings (SSSR count). The molecule has 0 saturated carbocycles. The fourth-order valence-corrected chi connectivity index (χ4v) is 3.32. The minimum Gasteiger partial charge on any atom is -0.480 e. The Kier molecular flexibility index (Phi) is 4.49. The number of fused-ring (bicyclic) bond motifs is 1. The number of halogens is 2. The van der Waals surface area contributed by atoms with Crippen molar-refractivity contribution in [1.82, 2.24) is 0 Å². The van der Waals surface area contributed by atoms with Crippen molar-refractivity contribution in [3.05, 3.63) is 27.2 Å². The summed E-state index contributed by atoms with van der Waals surface area (Å²) in [6, 6.07) is 1.64. The summed E-state index contributed by atoms with van der Waals surface area (Å²) in [5, 5.41) is 8.92. The van der Waals surface area contributed by atoms with E-state index in [1.807, 2.05) is 13.8 Å². The van der Waals surface area contributed by atoms with Crippen LogP contribution in [0.5, 0.6) is 5.75 Å². The van der Waals surface area contributed by atoms with E-state index in [-0.39, 0.29) is 21.6 Å².